The van der Waals surface area contributed by atoms with Crippen LogP contribution in [0.1, 0.15) is 20.3 Å². The van der Waals surface area contributed by atoms with Gasteiger partial charge in [-0.3, -0.25) is 24.8 Å². The standard InChI is InChI=1S/C18H22FN5O2S/c1-12(2)7-8-20-15(25)11-27-18-22-21-16-17(26)23(9-10-24(16)18)14-5-3-13(19)4-6-14/h3-6,9-10,12,16,21H,7-8,11H2,1-2H3,(H,20,25). The van der Waals surface area contributed by atoms with Crippen LogP contribution in [0.5, 0.6) is 0 Å². The number of hydrazone groups is 1. The van der Waals surface area contributed by atoms with Crippen LogP contribution in [0.4, 0.5) is 10.1 Å². The monoisotopic (exact) mass is 391 g/mol. The minimum Gasteiger partial charge on any atom is -0.355 e. The molecular weight excluding hydrogens is 369 g/mol. The van der Waals surface area contributed by atoms with E-state index in [-0.39, 0.29) is 23.4 Å². The van der Waals surface area contributed by atoms with Crippen molar-refractivity contribution in [3.05, 3.63) is 42.5 Å². The van der Waals surface area contributed by atoms with Crippen molar-refractivity contribution < 1.29 is 14.0 Å². The van der Waals surface area contributed by atoms with Gasteiger partial charge in [0.05, 0.1) is 5.75 Å². The number of hydrogen-bond donors (Lipinski definition) is 2. The topological polar surface area (TPSA) is 77.0 Å². The van der Waals surface area contributed by atoms with Crippen LogP contribution >= 0.6 is 11.8 Å². The van der Waals surface area contributed by atoms with Gasteiger partial charge < -0.3 is 5.32 Å². The fourth-order valence-corrected chi connectivity index (χ4v) is 3.41. The zero-order valence-electron chi connectivity index (χ0n) is 15.2. The van der Waals surface area contributed by atoms with E-state index >= 15 is 0 Å². The maximum atomic E-state index is 13.1. The Morgan fingerprint density at radius 1 is 1.33 bits per heavy atom. The molecule has 1 unspecified atom stereocenters. The molecule has 0 aliphatic carbocycles. The molecule has 2 aliphatic rings. The summed E-state index contributed by atoms with van der Waals surface area (Å²) >= 11 is 1.27. The van der Waals surface area contributed by atoms with Gasteiger partial charge in [-0.15, -0.1) is 0 Å². The van der Waals surface area contributed by atoms with Crippen molar-refractivity contribution in [2.45, 2.75) is 26.4 Å². The predicted molar refractivity (Wildman–Crippen MR) is 104 cm³/mol. The number of hydrogen-bond acceptors (Lipinski definition) is 6. The van der Waals surface area contributed by atoms with E-state index in [0.717, 1.165) is 6.42 Å². The average Bonchev–Trinajstić information content (AvgIpc) is 3.05. The second-order valence-corrected chi connectivity index (χ2v) is 7.58. The van der Waals surface area contributed by atoms with Crippen LogP contribution < -0.4 is 15.6 Å². The third kappa shape index (κ3) is 4.60. The Hall–Kier alpha value is -2.55. The Morgan fingerprint density at radius 3 is 2.78 bits per heavy atom. The first-order chi connectivity index (χ1) is 13.0. The van der Waals surface area contributed by atoms with Gasteiger partial charge in [-0.25, -0.2) is 4.39 Å². The van der Waals surface area contributed by atoms with E-state index in [1.54, 1.807) is 29.4 Å². The van der Waals surface area contributed by atoms with Crippen LogP contribution in [0.25, 0.3) is 0 Å². The second-order valence-electron chi connectivity index (χ2n) is 6.64. The lowest BCUT2D eigenvalue weighted by atomic mass is 10.1. The van der Waals surface area contributed by atoms with Gasteiger partial charge in [0.2, 0.25) is 12.1 Å². The van der Waals surface area contributed by atoms with E-state index in [2.05, 4.69) is 29.7 Å². The highest BCUT2D eigenvalue weighted by Gasteiger charge is 2.38. The normalized spacial score (nSPS) is 18.4. The first-order valence-electron chi connectivity index (χ1n) is 8.73. The van der Waals surface area contributed by atoms with Crippen LogP contribution in [0.2, 0.25) is 0 Å². The third-order valence-electron chi connectivity index (χ3n) is 4.11. The number of rotatable bonds is 6. The Labute approximate surface area is 161 Å². The lowest BCUT2D eigenvalue weighted by molar-refractivity contribution is -0.122. The number of carbonyl (C=O) groups is 2. The number of amidine groups is 1. The van der Waals surface area contributed by atoms with E-state index in [1.165, 1.54) is 28.8 Å². The molecule has 2 aliphatic heterocycles. The van der Waals surface area contributed by atoms with Crippen molar-refractivity contribution in [3.8, 4) is 0 Å². The van der Waals surface area contributed by atoms with Crippen LogP contribution in [0.15, 0.2) is 41.8 Å². The molecule has 0 fully saturated rings. The van der Waals surface area contributed by atoms with Crippen molar-refractivity contribution in [2.24, 2.45) is 11.0 Å². The van der Waals surface area contributed by atoms with Crippen molar-refractivity contribution >= 4 is 34.4 Å². The van der Waals surface area contributed by atoms with E-state index in [4.69, 9.17) is 0 Å². The molecule has 2 heterocycles. The highest BCUT2D eigenvalue weighted by atomic mass is 32.2. The Kier molecular flexibility index (Phi) is 6.00. The van der Waals surface area contributed by atoms with Gasteiger partial charge in [0.1, 0.15) is 5.82 Å². The second kappa shape index (κ2) is 8.43. The van der Waals surface area contributed by atoms with E-state index in [9.17, 15) is 14.0 Å². The van der Waals surface area contributed by atoms with Crippen LogP contribution in [0, 0.1) is 11.7 Å². The molecule has 0 radical (unpaired) electrons. The van der Waals surface area contributed by atoms with Gasteiger partial charge in [-0.05, 0) is 36.6 Å². The first kappa shape index (κ1) is 19.2. The summed E-state index contributed by atoms with van der Waals surface area (Å²) in [6, 6.07) is 5.70. The molecule has 0 bridgehead atoms. The molecule has 0 saturated carbocycles. The Morgan fingerprint density at radius 2 is 2.07 bits per heavy atom. The highest BCUT2D eigenvalue weighted by molar-refractivity contribution is 8.14. The summed E-state index contributed by atoms with van der Waals surface area (Å²) in [5.74, 6) is 0.111. The first-order valence-corrected chi connectivity index (χ1v) is 9.72. The van der Waals surface area contributed by atoms with Crippen molar-refractivity contribution in [1.82, 2.24) is 15.6 Å². The SMILES string of the molecule is CC(C)CCNC(=O)CSC1=NNC2C(=O)N(c3ccc(F)cc3)C=CN12. The summed E-state index contributed by atoms with van der Waals surface area (Å²) in [5, 5.41) is 7.60. The summed E-state index contributed by atoms with van der Waals surface area (Å²) in [4.78, 5) is 27.7. The van der Waals surface area contributed by atoms with Gasteiger partial charge in [-0.2, -0.15) is 5.10 Å². The molecule has 2 amide bonds. The number of amides is 2. The summed E-state index contributed by atoms with van der Waals surface area (Å²) in [7, 11) is 0. The number of nitrogens with zero attached hydrogens (tertiary/aromatic N) is 3. The van der Waals surface area contributed by atoms with Gasteiger partial charge in [0.15, 0.2) is 5.17 Å². The van der Waals surface area contributed by atoms with E-state index in [1.807, 2.05) is 0 Å². The van der Waals surface area contributed by atoms with Crippen molar-refractivity contribution in [3.63, 3.8) is 0 Å². The average molecular weight is 391 g/mol. The molecule has 2 N–H and O–H groups in total. The minimum atomic E-state index is -0.674. The smallest absolute Gasteiger partial charge is 0.276 e. The summed E-state index contributed by atoms with van der Waals surface area (Å²) in [6.45, 7) is 4.86. The van der Waals surface area contributed by atoms with Gasteiger partial charge in [0.25, 0.3) is 5.91 Å². The molecule has 27 heavy (non-hydrogen) atoms. The quantitative estimate of drug-likeness (QED) is 0.776. The largest absolute Gasteiger partial charge is 0.355 e. The maximum absolute atomic E-state index is 13.1. The number of benzene rings is 1. The molecule has 1 aromatic rings. The molecule has 0 aromatic heterocycles. The van der Waals surface area contributed by atoms with Crippen molar-refractivity contribution in [2.75, 3.05) is 17.2 Å². The van der Waals surface area contributed by atoms with Gasteiger partial charge in [-0.1, -0.05) is 25.6 Å². The Bertz CT molecular complexity index is 766. The zero-order valence-corrected chi connectivity index (χ0v) is 16.0. The number of halogens is 1. The number of carbonyl (C=O) groups excluding carboxylic acids is 2. The molecule has 0 spiro atoms. The molecule has 1 aromatic carbocycles. The number of nitrogens with one attached hydrogen (secondary N) is 2. The Balaban J connectivity index is 1.56. The predicted octanol–water partition coefficient (Wildman–Crippen LogP) is 2.04. The van der Waals surface area contributed by atoms with Crippen LogP contribution in [-0.2, 0) is 9.59 Å². The lowest BCUT2D eigenvalue weighted by Crippen LogP contribution is -2.52. The fourth-order valence-electron chi connectivity index (χ4n) is 2.62. The van der Waals surface area contributed by atoms with Gasteiger partial charge in [0, 0.05) is 24.6 Å². The van der Waals surface area contributed by atoms with Crippen LogP contribution in [0.3, 0.4) is 0 Å². The van der Waals surface area contributed by atoms with E-state index in [0.29, 0.717) is 23.3 Å². The van der Waals surface area contributed by atoms with Crippen molar-refractivity contribution in [1.29, 1.82) is 0 Å². The molecular formula is C18H22FN5O2S. The maximum Gasteiger partial charge on any atom is 0.276 e. The fraction of sp³-hybridized carbons (Fsp3) is 0.389. The number of fused-ring (bicyclic) bond motifs is 1. The van der Waals surface area contributed by atoms with E-state index < -0.39 is 6.17 Å². The molecule has 9 heteroatoms. The molecule has 1 atom stereocenters. The van der Waals surface area contributed by atoms with Gasteiger partial charge >= 0.3 is 0 Å². The highest BCUT2D eigenvalue weighted by Crippen LogP contribution is 2.25. The molecule has 3 rings (SSSR count). The minimum absolute atomic E-state index is 0.0629. The summed E-state index contributed by atoms with van der Waals surface area (Å²) in [6.07, 6.45) is 3.59. The third-order valence-corrected chi connectivity index (χ3v) is 5.08. The molecule has 7 nitrogen and oxygen atoms in total. The lowest BCUT2D eigenvalue weighted by Gasteiger charge is -2.31. The summed E-state index contributed by atoms with van der Waals surface area (Å²) < 4.78 is 13.1. The molecule has 144 valence electrons. The molecule has 0 saturated heterocycles. The number of thioether (sulfide) groups is 1. The zero-order chi connectivity index (χ0) is 19.4. The number of anilines is 1. The van der Waals surface area contributed by atoms with Crippen LogP contribution in [-0.4, -0.2) is 40.3 Å². The summed E-state index contributed by atoms with van der Waals surface area (Å²) in [5.41, 5.74) is 3.37.